The summed E-state index contributed by atoms with van der Waals surface area (Å²) < 4.78 is 1.35. The van der Waals surface area contributed by atoms with Gasteiger partial charge in [0, 0.05) is 0 Å². The van der Waals surface area contributed by atoms with Gasteiger partial charge in [0.05, 0.1) is 0 Å². The van der Waals surface area contributed by atoms with Gasteiger partial charge in [0.25, 0.3) is 0 Å². The van der Waals surface area contributed by atoms with Crippen LogP contribution in [0.1, 0.15) is 51.4 Å². The molecule has 0 N–H and O–H groups in total. The van der Waals surface area contributed by atoms with E-state index in [4.69, 9.17) is 0 Å². The minimum absolute atomic E-state index is 1.21. The van der Waals surface area contributed by atoms with Crippen molar-refractivity contribution in [3.63, 3.8) is 0 Å². The van der Waals surface area contributed by atoms with E-state index < -0.39 is 0 Å². The van der Waals surface area contributed by atoms with Gasteiger partial charge in [0.2, 0.25) is 0 Å². The summed E-state index contributed by atoms with van der Waals surface area (Å²) in [6.45, 7) is 0. The van der Waals surface area contributed by atoms with Gasteiger partial charge in [-0.1, -0.05) is 59.8 Å². The monoisotopic (exact) mass is 242 g/mol. The lowest BCUT2D eigenvalue weighted by Gasteiger charge is -2.02. The molecule has 0 fully saturated rings. The van der Waals surface area contributed by atoms with Gasteiger partial charge in [-0.25, -0.2) is 0 Å². The Bertz CT molecular complexity index is 180. The van der Waals surface area contributed by atoms with Gasteiger partial charge >= 0.3 is 0 Å². The molecule has 0 nitrogen and oxygen atoms in total. The Balaban J connectivity index is 2.34. The highest BCUT2D eigenvalue weighted by atomic mass is 79.9. The number of allylic oxidation sites excluding steroid dienone is 4. The summed E-state index contributed by atoms with van der Waals surface area (Å²) in [5, 5.41) is 0. The molecule has 0 atom stereocenters. The minimum atomic E-state index is 1.21. The molecule has 0 radical (unpaired) electrons. The molecular formula is C12H19Br. The van der Waals surface area contributed by atoms with Crippen molar-refractivity contribution in [2.45, 2.75) is 51.4 Å². The molecule has 1 heteroatoms. The zero-order valence-electron chi connectivity index (χ0n) is 8.27. The molecule has 13 heavy (non-hydrogen) atoms. The van der Waals surface area contributed by atoms with Crippen LogP contribution >= 0.6 is 15.9 Å². The van der Waals surface area contributed by atoms with E-state index in [0.29, 0.717) is 0 Å². The third-order valence-electron chi connectivity index (χ3n) is 2.45. The first-order valence-electron chi connectivity index (χ1n) is 5.41. The first-order chi connectivity index (χ1) is 6.39. The molecule has 1 aliphatic rings. The summed E-state index contributed by atoms with van der Waals surface area (Å²) in [7, 11) is 0. The fraction of sp³-hybridized carbons (Fsp3) is 0.667. The Kier molecular flexibility index (Phi) is 6.26. The molecule has 0 unspecified atom stereocenters. The molecule has 0 aromatic heterocycles. The summed E-state index contributed by atoms with van der Waals surface area (Å²) >= 11 is 3.59. The van der Waals surface area contributed by atoms with E-state index in [2.05, 4.69) is 34.2 Å². The standard InChI is InChI=1S/C12H19Br/c13-12-10-8-6-4-2-1-3-5-7-9-11-12/h6,8,10H,1-5,7,9,11H2. The van der Waals surface area contributed by atoms with Crippen LogP contribution in [0.5, 0.6) is 0 Å². The van der Waals surface area contributed by atoms with E-state index in [1.807, 2.05) is 0 Å². The maximum Gasteiger partial charge on any atom is -0.00495 e. The highest BCUT2D eigenvalue weighted by Gasteiger charge is 1.94. The molecular weight excluding hydrogens is 224 g/mol. The molecule has 0 aliphatic heterocycles. The molecule has 0 aromatic carbocycles. The van der Waals surface area contributed by atoms with Crippen LogP contribution in [0.25, 0.3) is 0 Å². The van der Waals surface area contributed by atoms with Gasteiger partial charge < -0.3 is 0 Å². The molecule has 0 bridgehead atoms. The highest BCUT2D eigenvalue weighted by molar-refractivity contribution is 9.11. The number of rotatable bonds is 0. The maximum absolute atomic E-state index is 3.59. The second-order valence-electron chi connectivity index (χ2n) is 3.70. The van der Waals surface area contributed by atoms with Crippen LogP contribution in [0.15, 0.2) is 22.7 Å². The number of halogens is 1. The summed E-state index contributed by atoms with van der Waals surface area (Å²) in [4.78, 5) is 0. The molecule has 0 spiro atoms. The number of hydrogen-bond donors (Lipinski definition) is 0. The van der Waals surface area contributed by atoms with E-state index in [1.54, 1.807) is 0 Å². The van der Waals surface area contributed by atoms with E-state index in [9.17, 15) is 0 Å². The molecule has 0 amide bonds. The Hall–Kier alpha value is -0.0400. The van der Waals surface area contributed by atoms with Crippen LogP contribution in [0, 0.1) is 0 Å². The molecule has 0 aromatic rings. The maximum atomic E-state index is 3.59. The van der Waals surface area contributed by atoms with Gasteiger partial charge in [-0.2, -0.15) is 0 Å². The zero-order chi connectivity index (χ0) is 9.36. The predicted molar refractivity (Wildman–Crippen MR) is 63.1 cm³/mol. The van der Waals surface area contributed by atoms with Gasteiger partial charge in [-0.3, -0.25) is 0 Å². The second kappa shape index (κ2) is 7.37. The van der Waals surface area contributed by atoms with Crippen molar-refractivity contribution in [3.05, 3.63) is 22.7 Å². The fourth-order valence-corrected chi connectivity index (χ4v) is 2.05. The van der Waals surface area contributed by atoms with E-state index >= 15 is 0 Å². The first-order valence-corrected chi connectivity index (χ1v) is 6.20. The van der Waals surface area contributed by atoms with Crippen molar-refractivity contribution in [1.29, 1.82) is 0 Å². The Morgan fingerprint density at radius 1 is 0.923 bits per heavy atom. The van der Waals surface area contributed by atoms with Crippen LogP contribution in [-0.2, 0) is 0 Å². The van der Waals surface area contributed by atoms with Crippen molar-refractivity contribution >= 4 is 15.9 Å². The molecule has 0 heterocycles. The van der Waals surface area contributed by atoms with Gasteiger partial charge in [-0.05, 0) is 30.2 Å². The average molecular weight is 243 g/mol. The molecule has 74 valence electrons. The SMILES string of the molecule is BrC1=CC=CCCCCCCCC1. The third-order valence-corrected chi connectivity index (χ3v) is 3.11. The van der Waals surface area contributed by atoms with Crippen molar-refractivity contribution in [2.75, 3.05) is 0 Å². The van der Waals surface area contributed by atoms with Crippen molar-refractivity contribution in [2.24, 2.45) is 0 Å². The van der Waals surface area contributed by atoms with Crippen molar-refractivity contribution < 1.29 is 0 Å². The normalized spacial score (nSPS) is 21.5. The largest absolute Gasteiger partial charge is 0.0845 e. The van der Waals surface area contributed by atoms with Crippen LogP contribution < -0.4 is 0 Å². The smallest absolute Gasteiger partial charge is 0.00495 e. The Morgan fingerprint density at radius 2 is 1.62 bits per heavy atom. The van der Waals surface area contributed by atoms with E-state index in [-0.39, 0.29) is 0 Å². The summed E-state index contributed by atoms with van der Waals surface area (Å²) in [5.74, 6) is 0. The highest BCUT2D eigenvalue weighted by Crippen LogP contribution is 2.17. The van der Waals surface area contributed by atoms with E-state index in [0.717, 1.165) is 0 Å². The van der Waals surface area contributed by atoms with E-state index in [1.165, 1.54) is 55.8 Å². The van der Waals surface area contributed by atoms with Gasteiger partial charge in [0.15, 0.2) is 0 Å². The van der Waals surface area contributed by atoms with Crippen LogP contribution in [0.4, 0.5) is 0 Å². The lowest BCUT2D eigenvalue weighted by atomic mass is 10.1. The number of hydrogen-bond acceptors (Lipinski definition) is 0. The first kappa shape index (κ1) is 11.0. The summed E-state index contributed by atoms with van der Waals surface area (Å²) in [6.07, 6.45) is 17.5. The predicted octanol–water partition coefficient (Wildman–Crippen LogP) is 4.96. The minimum Gasteiger partial charge on any atom is -0.0845 e. The van der Waals surface area contributed by atoms with Crippen LogP contribution in [0.2, 0.25) is 0 Å². The zero-order valence-corrected chi connectivity index (χ0v) is 9.85. The summed E-state index contributed by atoms with van der Waals surface area (Å²) in [5.41, 5.74) is 0. The van der Waals surface area contributed by atoms with Gasteiger partial charge in [-0.15, -0.1) is 0 Å². The lowest BCUT2D eigenvalue weighted by molar-refractivity contribution is 0.598. The Labute approximate surface area is 90.2 Å². The molecule has 1 aliphatic carbocycles. The quantitative estimate of drug-likeness (QED) is 0.564. The van der Waals surface area contributed by atoms with Crippen molar-refractivity contribution in [1.82, 2.24) is 0 Å². The van der Waals surface area contributed by atoms with Gasteiger partial charge in [0.1, 0.15) is 0 Å². The Morgan fingerprint density at radius 3 is 2.46 bits per heavy atom. The topological polar surface area (TPSA) is 0 Å². The molecule has 1 rings (SSSR count). The summed E-state index contributed by atoms with van der Waals surface area (Å²) in [6, 6.07) is 0. The molecule has 0 saturated heterocycles. The third kappa shape index (κ3) is 6.09. The lowest BCUT2D eigenvalue weighted by Crippen LogP contribution is -1.82. The molecule has 0 saturated carbocycles. The second-order valence-corrected chi connectivity index (χ2v) is 4.72. The van der Waals surface area contributed by atoms with Crippen LogP contribution in [0.3, 0.4) is 0 Å². The average Bonchev–Trinajstić information content (AvgIpc) is 2.11. The van der Waals surface area contributed by atoms with Crippen molar-refractivity contribution in [3.8, 4) is 0 Å². The fourth-order valence-electron chi connectivity index (χ4n) is 1.62. The van der Waals surface area contributed by atoms with Crippen LogP contribution in [-0.4, -0.2) is 0 Å².